The first-order chi connectivity index (χ1) is 2.41. The molecule has 0 aromatic rings. The van der Waals surface area contributed by atoms with Crippen LogP contribution in [0.1, 0.15) is 6.92 Å². The van der Waals surface area contributed by atoms with Crippen LogP contribution in [-0.4, -0.2) is 6.54 Å². The molecule has 0 bridgehead atoms. The van der Waals surface area contributed by atoms with Gasteiger partial charge in [0, 0.05) is 32.7 Å². The quantitative estimate of drug-likeness (QED) is 0.583. The van der Waals surface area contributed by atoms with E-state index >= 15 is 0 Å². The molecule has 6 heavy (non-hydrogen) atoms. The summed E-state index contributed by atoms with van der Waals surface area (Å²) >= 11 is 0. The Morgan fingerprint density at radius 2 is 2.33 bits per heavy atom. The van der Waals surface area contributed by atoms with Crippen LogP contribution < -0.4 is 5.32 Å². The molecule has 2 heteroatoms. The van der Waals surface area contributed by atoms with Gasteiger partial charge in [-0.2, -0.15) is 13.5 Å². The van der Waals surface area contributed by atoms with Crippen molar-refractivity contribution in [2.24, 2.45) is 0 Å². The first kappa shape index (κ1) is 10.1. The van der Waals surface area contributed by atoms with Crippen LogP contribution in [0, 0.1) is 13.5 Å². The Morgan fingerprint density at radius 1 is 1.83 bits per heavy atom. The largest absolute Gasteiger partial charge is 0.495 e. The van der Waals surface area contributed by atoms with Crippen LogP contribution in [-0.2, 0) is 32.7 Å². The SMILES string of the molecule is [CH2-]CN[CH-]C.[Y]. The van der Waals surface area contributed by atoms with Gasteiger partial charge in [-0.25, -0.2) is 0 Å². The normalized spacial score (nSPS) is 7.00. The molecule has 0 saturated carbocycles. The Morgan fingerprint density at radius 3 is 2.33 bits per heavy atom. The van der Waals surface area contributed by atoms with Crippen molar-refractivity contribution in [3.05, 3.63) is 13.5 Å². The Kier molecular flexibility index (Phi) is 15.9. The van der Waals surface area contributed by atoms with E-state index in [4.69, 9.17) is 0 Å². The predicted molar refractivity (Wildman–Crippen MR) is 23.3 cm³/mol. The fraction of sp³-hybridized carbons (Fsp3) is 0.500. The third-order valence-electron chi connectivity index (χ3n) is 0.348. The number of rotatable bonds is 2. The van der Waals surface area contributed by atoms with Crippen molar-refractivity contribution in [2.75, 3.05) is 6.54 Å². The Bertz CT molecular complexity index is 15.0. The Labute approximate surface area is 64.8 Å². The van der Waals surface area contributed by atoms with Gasteiger partial charge in [-0.15, -0.1) is 0 Å². The van der Waals surface area contributed by atoms with Crippen LogP contribution in [0.5, 0.6) is 0 Å². The van der Waals surface area contributed by atoms with E-state index in [0.717, 1.165) is 6.54 Å². The van der Waals surface area contributed by atoms with Gasteiger partial charge in [-0.05, 0) is 0 Å². The summed E-state index contributed by atoms with van der Waals surface area (Å²) in [6, 6.07) is 0. The summed E-state index contributed by atoms with van der Waals surface area (Å²) in [6.45, 7) is 8.12. The van der Waals surface area contributed by atoms with Gasteiger partial charge in [0.15, 0.2) is 0 Å². The molecule has 0 rings (SSSR count). The molecule has 0 aliphatic carbocycles. The van der Waals surface area contributed by atoms with Crippen LogP contribution in [0.15, 0.2) is 0 Å². The zero-order valence-corrected chi connectivity index (χ0v) is 6.91. The molecule has 1 radical (unpaired) electrons. The summed E-state index contributed by atoms with van der Waals surface area (Å²) < 4.78 is 0. The molecule has 0 aliphatic heterocycles. The van der Waals surface area contributed by atoms with Crippen molar-refractivity contribution in [1.82, 2.24) is 5.32 Å². The van der Waals surface area contributed by atoms with Crippen LogP contribution >= 0.6 is 0 Å². The van der Waals surface area contributed by atoms with E-state index in [1.807, 2.05) is 13.5 Å². The number of hydrogen-bond acceptors (Lipinski definition) is 1. The number of hydrogen-bond donors (Lipinski definition) is 1. The summed E-state index contributed by atoms with van der Waals surface area (Å²) in [5.74, 6) is 0. The molecule has 0 aromatic carbocycles. The molecular formula is C4H9NY-2. The van der Waals surface area contributed by atoms with E-state index in [-0.39, 0.29) is 32.7 Å². The molecule has 0 aromatic heterocycles. The van der Waals surface area contributed by atoms with Gasteiger partial charge in [0.25, 0.3) is 0 Å². The maximum absolute atomic E-state index is 3.53. The van der Waals surface area contributed by atoms with Gasteiger partial charge < -0.3 is 12.2 Å². The third-order valence-corrected chi connectivity index (χ3v) is 0.348. The van der Waals surface area contributed by atoms with Gasteiger partial charge in [-0.1, -0.05) is 0 Å². The maximum atomic E-state index is 3.53. The first-order valence-corrected chi connectivity index (χ1v) is 1.72. The summed E-state index contributed by atoms with van der Waals surface area (Å²) in [7, 11) is 0. The average molecular weight is 160 g/mol. The topological polar surface area (TPSA) is 12.0 Å². The number of nitrogens with one attached hydrogen (secondary N) is 1. The fourth-order valence-electron chi connectivity index (χ4n) is 0.144. The average Bonchev–Trinajstić information content (AvgIpc) is 1.41. The molecule has 1 N–H and O–H groups in total. The van der Waals surface area contributed by atoms with E-state index in [0.29, 0.717) is 0 Å². The summed E-state index contributed by atoms with van der Waals surface area (Å²) in [4.78, 5) is 0. The smallest absolute Gasteiger partial charge is 0 e. The van der Waals surface area contributed by atoms with Crippen LogP contribution in [0.25, 0.3) is 0 Å². The molecule has 0 amide bonds. The van der Waals surface area contributed by atoms with Crippen molar-refractivity contribution in [1.29, 1.82) is 0 Å². The van der Waals surface area contributed by atoms with Gasteiger partial charge in [0.05, 0.1) is 0 Å². The molecule has 0 spiro atoms. The molecule has 0 atom stereocenters. The van der Waals surface area contributed by atoms with Crippen LogP contribution in [0.2, 0.25) is 0 Å². The zero-order valence-electron chi connectivity index (χ0n) is 4.07. The van der Waals surface area contributed by atoms with Crippen molar-refractivity contribution in [2.45, 2.75) is 6.92 Å². The standard InChI is InChI=1S/C4H9N.Y/c1-3-5-4-2;/h4-5H,1,3H2,2H3;/q-2;. The second-order valence-corrected chi connectivity index (χ2v) is 0.743. The minimum Gasteiger partial charge on any atom is -0.495 e. The summed E-state index contributed by atoms with van der Waals surface area (Å²) in [5.41, 5.74) is 0. The van der Waals surface area contributed by atoms with E-state index in [1.54, 1.807) is 0 Å². The van der Waals surface area contributed by atoms with Crippen molar-refractivity contribution < 1.29 is 32.7 Å². The minimum atomic E-state index is 0. The van der Waals surface area contributed by atoms with Gasteiger partial charge >= 0.3 is 0 Å². The molecule has 1 nitrogen and oxygen atoms in total. The molecule has 0 aliphatic rings. The molecule has 0 fully saturated rings. The zero-order chi connectivity index (χ0) is 4.12. The van der Waals surface area contributed by atoms with E-state index < -0.39 is 0 Å². The second kappa shape index (κ2) is 9.42. The maximum Gasteiger partial charge on any atom is 0 e. The van der Waals surface area contributed by atoms with Gasteiger partial charge in [0.2, 0.25) is 0 Å². The molecule has 0 unspecified atom stereocenters. The molecule has 0 heterocycles. The summed E-state index contributed by atoms with van der Waals surface area (Å²) in [6.07, 6.45) is 0. The first-order valence-electron chi connectivity index (χ1n) is 1.72. The Balaban J connectivity index is 0. The van der Waals surface area contributed by atoms with Crippen molar-refractivity contribution in [3.63, 3.8) is 0 Å². The predicted octanol–water partition coefficient (Wildman–Crippen LogP) is 0.589. The van der Waals surface area contributed by atoms with E-state index in [1.165, 1.54) is 0 Å². The summed E-state index contributed by atoms with van der Waals surface area (Å²) in [5, 5.41) is 2.88. The fourth-order valence-corrected chi connectivity index (χ4v) is 0.144. The Hall–Kier alpha value is 1.06. The van der Waals surface area contributed by atoms with E-state index in [9.17, 15) is 0 Å². The monoisotopic (exact) mass is 160 g/mol. The molecule has 35 valence electrons. The minimum absolute atomic E-state index is 0. The molecular weight excluding hydrogens is 151 g/mol. The molecule has 0 saturated heterocycles. The van der Waals surface area contributed by atoms with Gasteiger partial charge in [0.1, 0.15) is 0 Å². The third kappa shape index (κ3) is 8.91. The van der Waals surface area contributed by atoms with Crippen molar-refractivity contribution in [3.8, 4) is 0 Å². The second-order valence-electron chi connectivity index (χ2n) is 0.743. The van der Waals surface area contributed by atoms with Gasteiger partial charge in [-0.3, -0.25) is 6.54 Å². The van der Waals surface area contributed by atoms with Crippen molar-refractivity contribution >= 4 is 0 Å². The van der Waals surface area contributed by atoms with E-state index in [2.05, 4.69) is 12.2 Å². The van der Waals surface area contributed by atoms with Crippen LogP contribution in [0.4, 0.5) is 0 Å². The van der Waals surface area contributed by atoms with Crippen LogP contribution in [0.3, 0.4) is 0 Å².